The second-order valence-corrected chi connectivity index (χ2v) is 3.72. The van der Waals surface area contributed by atoms with Crippen molar-refractivity contribution < 1.29 is 4.74 Å². The predicted octanol–water partition coefficient (Wildman–Crippen LogP) is 2.56. The first kappa shape index (κ1) is 11.0. The summed E-state index contributed by atoms with van der Waals surface area (Å²) in [6.07, 6.45) is 0. The fourth-order valence-corrected chi connectivity index (χ4v) is 1.66. The van der Waals surface area contributed by atoms with Crippen molar-refractivity contribution in [2.75, 3.05) is 6.61 Å². The molecule has 17 heavy (non-hydrogen) atoms. The number of benzene rings is 2. The van der Waals surface area contributed by atoms with Gasteiger partial charge in [-0.05, 0) is 11.5 Å². The predicted molar refractivity (Wildman–Crippen MR) is 67.5 cm³/mol. The normalized spacial score (nSPS) is 9.82. The summed E-state index contributed by atoms with van der Waals surface area (Å²) in [5.74, 6) is 0.540. The lowest BCUT2D eigenvalue weighted by molar-refractivity contribution is 0.350. The van der Waals surface area contributed by atoms with Crippen LogP contribution in [0.4, 0.5) is 0 Å². The van der Waals surface area contributed by atoms with E-state index in [4.69, 9.17) is 10.5 Å². The molecule has 3 heteroatoms. The lowest BCUT2D eigenvalue weighted by Gasteiger charge is -2.09. The number of nitrogens with zero attached hydrogens (tertiary/aromatic N) is 1. The Morgan fingerprint density at radius 1 is 1.29 bits per heavy atom. The van der Waals surface area contributed by atoms with Gasteiger partial charge in [-0.15, -0.1) is 0 Å². The molecule has 0 aliphatic rings. The van der Waals surface area contributed by atoms with E-state index in [0.717, 1.165) is 10.8 Å². The van der Waals surface area contributed by atoms with Gasteiger partial charge in [0.2, 0.25) is 0 Å². The number of hydrogen-bond donors (Lipinski definition) is 1. The van der Waals surface area contributed by atoms with Crippen LogP contribution in [0.25, 0.3) is 10.8 Å². The molecule has 2 N–H and O–H groups in total. The number of rotatable bonds is 3. The summed E-state index contributed by atoms with van der Waals surface area (Å²) in [5, 5.41) is 11.1. The number of ether oxygens (including phenoxy) is 1. The lowest BCUT2D eigenvalue weighted by Crippen LogP contribution is -2.08. The van der Waals surface area contributed by atoms with Crippen LogP contribution in [-0.2, 0) is 0 Å². The van der Waals surface area contributed by atoms with E-state index in [1.807, 2.05) is 30.3 Å². The molecule has 2 aromatic rings. The molecule has 0 radical (unpaired) electrons. The van der Waals surface area contributed by atoms with Gasteiger partial charge in [0.15, 0.2) is 0 Å². The maximum atomic E-state index is 9.20. The van der Waals surface area contributed by atoms with E-state index in [-0.39, 0.29) is 6.61 Å². The van der Waals surface area contributed by atoms with Gasteiger partial charge in [-0.25, -0.2) is 0 Å². The Labute approximate surface area is 99.7 Å². The highest BCUT2D eigenvalue weighted by molar-refractivity contribution is 5.90. The first-order chi connectivity index (χ1) is 8.22. The van der Waals surface area contributed by atoms with Crippen LogP contribution in [0.3, 0.4) is 0 Å². The minimum absolute atomic E-state index is 0.215. The highest BCUT2D eigenvalue weighted by Crippen LogP contribution is 2.27. The monoisotopic (exact) mass is 224 g/mol. The topological polar surface area (TPSA) is 59.0 Å². The summed E-state index contributed by atoms with van der Waals surface area (Å²) >= 11 is 0. The Balaban J connectivity index is 2.50. The van der Waals surface area contributed by atoms with Crippen molar-refractivity contribution in [1.29, 1.82) is 5.26 Å². The summed E-state index contributed by atoms with van der Waals surface area (Å²) in [6.45, 7) is 3.77. The Kier molecular flexibility index (Phi) is 2.97. The Bertz CT molecular complexity index is 611. The van der Waals surface area contributed by atoms with Gasteiger partial charge in [0.1, 0.15) is 24.0 Å². The zero-order chi connectivity index (χ0) is 12.3. The summed E-state index contributed by atoms with van der Waals surface area (Å²) in [5.41, 5.74) is 6.41. The third-order valence-electron chi connectivity index (χ3n) is 2.42. The quantitative estimate of drug-likeness (QED) is 0.871. The number of hydrogen-bond acceptors (Lipinski definition) is 3. The molecule has 0 saturated carbocycles. The van der Waals surface area contributed by atoms with Crippen LogP contribution in [0.15, 0.2) is 48.7 Å². The minimum Gasteiger partial charge on any atom is -0.486 e. The van der Waals surface area contributed by atoms with Gasteiger partial charge in [-0.3, -0.25) is 0 Å². The van der Waals surface area contributed by atoms with Gasteiger partial charge >= 0.3 is 0 Å². The second-order valence-electron chi connectivity index (χ2n) is 3.72. The van der Waals surface area contributed by atoms with Crippen molar-refractivity contribution in [3.63, 3.8) is 0 Å². The van der Waals surface area contributed by atoms with Crippen LogP contribution in [0.2, 0.25) is 0 Å². The number of nitriles is 1. The molecule has 0 saturated heterocycles. The molecule has 0 spiro atoms. The van der Waals surface area contributed by atoms with Crippen molar-refractivity contribution in [2.24, 2.45) is 5.73 Å². The molecule has 2 rings (SSSR count). The highest BCUT2D eigenvalue weighted by atomic mass is 16.5. The number of nitrogens with two attached hydrogens (primary N) is 1. The molecule has 0 unspecified atom stereocenters. The summed E-state index contributed by atoms with van der Waals surface area (Å²) in [7, 11) is 0. The van der Waals surface area contributed by atoms with E-state index >= 15 is 0 Å². The standard InChI is InChI=1S/C14H12N2O/c1-10(16)9-17-14-7-6-11-4-2-3-5-12(11)13(14)8-15/h2-7H,1,9,16H2. The van der Waals surface area contributed by atoms with Crippen LogP contribution < -0.4 is 10.5 Å². The number of fused-ring (bicyclic) bond motifs is 1. The molecule has 0 aromatic heterocycles. The fourth-order valence-electron chi connectivity index (χ4n) is 1.66. The van der Waals surface area contributed by atoms with Crippen LogP contribution >= 0.6 is 0 Å². The fraction of sp³-hybridized carbons (Fsp3) is 0.0714. The minimum atomic E-state index is 0.215. The molecule has 84 valence electrons. The maximum absolute atomic E-state index is 9.20. The molecule has 3 nitrogen and oxygen atoms in total. The van der Waals surface area contributed by atoms with E-state index in [2.05, 4.69) is 12.6 Å². The van der Waals surface area contributed by atoms with Gasteiger partial charge in [0.05, 0.1) is 0 Å². The Hall–Kier alpha value is -2.47. The van der Waals surface area contributed by atoms with E-state index < -0.39 is 0 Å². The molecule has 2 aromatic carbocycles. The van der Waals surface area contributed by atoms with E-state index in [9.17, 15) is 5.26 Å². The van der Waals surface area contributed by atoms with E-state index in [1.54, 1.807) is 6.07 Å². The van der Waals surface area contributed by atoms with Crippen molar-refractivity contribution in [3.8, 4) is 11.8 Å². The Morgan fingerprint density at radius 2 is 2.06 bits per heavy atom. The second kappa shape index (κ2) is 4.58. The molecule has 0 bridgehead atoms. The van der Waals surface area contributed by atoms with Crippen LogP contribution in [0.5, 0.6) is 5.75 Å². The average molecular weight is 224 g/mol. The van der Waals surface area contributed by atoms with Crippen molar-refractivity contribution in [1.82, 2.24) is 0 Å². The molecular weight excluding hydrogens is 212 g/mol. The van der Waals surface area contributed by atoms with Crippen LogP contribution in [0.1, 0.15) is 5.56 Å². The van der Waals surface area contributed by atoms with Gasteiger partial charge < -0.3 is 10.5 Å². The van der Waals surface area contributed by atoms with Crippen molar-refractivity contribution >= 4 is 10.8 Å². The molecule has 0 atom stereocenters. The first-order valence-electron chi connectivity index (χ1n) is 5.20. The molecule has 0 fully saturated rings. The van der Waals surface area contributed by atoms with Crippen LogP contribution in [-0.4, -0.2) is 6.61 Å². The summed E-state index contributed by atoms with van der Waals surface area (Å²) in [6, 6.07) is 13.6. The summed E-state index contributed by atoms with van der Waals surface area (Å²) in [4.78, 5) is 0. The SMILES string of the molecule is C=C(N)COc1ccc2ccccc2c1C#N. The van der Waals surface area contributed by atoms with Gasteiger partial charge in [-0.2, -0.15) is 5.26 Å². The largest absolute Gasteiger partial charge is 0.486 e. The molecule has 0 aliphatic carbocycles. The smallest absolute Gasteiger partial charge is 0.138 e. The first-order valence-corrected chi connectivity index (χ1v) is 5.20. The van der Waals surface area contributed by atoms with Crippen molar-refractivity contribution in [3.05, 3.63) is 54.2 Å². The maximum Gasteiger partial charge on any atom is 0.138 e. The third-order valence-corrected chi connectivity index (χ3v) is 2.42. The highest BCUT2D eigenvalue weighted by Gasteiger charge is 2.07. The molecule has 0 aliphatic heterocycles. The molecule has 0 heterocycles. The lowest BCUT2D eigenvalue weighted by atomic mass is 10.0. The third kappa shape index (κ3) is 2.21. The van der Waals surface area contributed by atoms with E-state index in [0.29, 0.717) is 17.0 Å². The Morgan fingerprint density at radius 3 is 2.76 bits per heavy atom. The molecule has 0 amide bonds. The van der Waals surface area contributed by atoms with Gasteiger partial charge in [0.25, 0.3) is 0 Å². The average Bonchev–Trinajstić information content (AvgIpc) is 2.35. The van der Waals surface area contributed by atoms with Crippen LogP contribution in [0, 0.1) is 11.3 Å². The van der Waals surface area contributed by atoms with Gasteiger partial charge in [0, 0.05) is 11.1 Å². The van der Waals surface area contributed by atoms with Crippen molar-refractivity contribution in [2.45, 2.75) is 0 Å². The zero-order valence-corrected chi connectivity index (χ0v) is 9.31. The summed E-state index contributed by atoms with van der Waals surface area (Å²) < 4.78 is 5.45. The van der Waals surface area contributed by atoms with E-state index in [1.165, 1.54) is 0 Å². The molecular formula is C14H12N2O. The zero-order valence-electron chi connectivity index (χ0n) is 9.31. The van der Waals surface area contributed by atoms with Gasteiger partial charge in [-0.1, -0.05) is 36.9 Å².